The van der Waals surface area contributed by atoms with E-state index in [1.165, 1.54) is 11.8 Å². The molecule has 198 valence electrons. The number of aromatic nitrogens is 3. The van der Waals surface area contributed by atoms with Gasteiger partial charge in [0.1, 0.15) is 17.7 Å². The maximum Gasteiger partial charge on any atom is 0.220 e. The highest BCUT2D eigenvalue weighted by Gasteiger charge is 2.26. The SMILES string of the molecule is CCOc1cc([C@@H](C[N+](=O)[O-])Sc2nnc(C)n2-c2ccc(Cl)cc2)cc(Br)c1OCc1ccc(Br)cc1. The predicted molar refractivity (Wildman–Crippen MR) is 155 cm³/mol. The number of nitrogens with zero attached hydrogens (tertiary/aromatic N) is 4. The number of hydrogen-bond donors (Lipinski definition) is 0. The Morgan fingerprint density at radius 2 is 1.79 bits per heavy atom. The van der Waals surface area contributed by atoms with Gasteiger partial charge in [0.15, 0.2) is 16.7 Å². The van der Waals surface area contributed by atoms with Crippen LogP contribution in [0.5, 0.6) is 11.5 Å². The maximum absolute atomic E-state index is 11.7. The van der Waals surface area contributed by atoms with Gasteiger partial charge in [0, 0.05) is 20.1 Å². The molecule has 0 spiro atoms. The first-order chi connectivity index (χ1) is 18.2. The zero-order valence-electron chi connectivity index (χ0n) is 20.4. The summed E-state index contributed by atoms with van der Waals surface area (Å²) in [5, 5.41) is 20.8. The zero-order chi connectivity index (χ0) is 27.2. The molecule has 1 atom stereocenters. The lowest BCUT2D eigenvalue weighted by molar-refractivity contribution is -0.479. The first kappa shape index (κ1) is 28.4. The Bertz CT molecular complexity index is 1420. The third kappa shape index (κ3) is 7.07. The molecule has 3 aromatic carbocycles. The standard InChI is InChI=1S/C26H23Br2ClN4O4S/c1-3-36-23-13-18(12-22(28)25(23)37-15-17-4-6-19(27)7-5-17)24(14-32(34)35)38-26-31-30-16(2)33(26)21-10-8-20(29)9-11-21/h4-13,24H,3,14-15H2,1-2H3/t24-/m1/s1. The van der Waals surface area contributed by atoms with E-state index >= 15 is 0 Å². The van der Waals surface area contributed by atoms with Gasteiger partial charge in [-0.15, -0.1) is 10.2 Å². The Kier molecular flexibility index (Phi) is 9.69. The summed E-state index contributed by atoms with van der Waals surface area (Å²) in [6.07, 6.45) is 0. The molecule has 0 unspecified atom stereocenters. The fourth-order valence-corrected chi connectivity index (χ4v) is 5.81. The Labute approximate surface area is 246 Å². The molecular weight excluding hydrogens is 660 g/mol. The highest BCUT2D eigenvalue weighted by molar-refractivity contribution is 9.10. The fourth-order valence-electron chi connectivity index (χ4n) is 3.69. The number of nitro groups is 1. The van der Waals surface area contributed by atoms with Gasteiger partial charge in [0.2, 0.25) is 6.54 Å². The quantitative estimate of drug-likeness (QED) is 0.0904. The second kappa shape index (κ2) is 13.0. The topological polar surface area (TPSA) is 92.3 Å². The Morgan fingerprint density at radius 3 is 2.45 bits per heavy atom. The minimum atomic E-state index is -0.573. The molecule has 0 saturated heterocycles. The van der Waals surface area contributed by atoms with Gasteiger partial charge >= 0.3 is 0 Å². The van der Waals surface area contributed by atoms with Gasteiger partial charge < -0.3 is 9.47 Å². The molecule has 4 aromatic rings. The number of rotatable bonds is 11. The third-order valence-corrected chi connectivity index (χ3v) is 7.99. The smallest absolute Gasteiger partial charge is 0.220 e. The van der Waals surface area contributed by atoms with Crippen molar-refractivity contribution in [2.75, 3.05) is 13.2 Å². The average Bonchev–Trinajstić information content (AvgIpc) is 3.24. The Hall–Kier alpha value is -2.60. The van der Waals surface area contributed by atoms with E-state index in [1.807, 2.05) is 60.9 Å². The van der Waals surface area contributed by atoms with Gasteiger partial charge in [-0.2, -0.15) is 0 Å². The molecule has 0 N–H and O–H groups in total. The van der Waals surface area contributed by atoms with Crippen LogP contribution in [0.1, 0.15) is 29.1 Å². The molecule has 0 aliphatic carbocycles. The molecule has 0 bridgehead atoms. The van der Waals surface area contributed by atoms with Crippen LogP contribution in [0, 0.1) is 17.0 Å². The highest BCUT2D eigenvalue weighted by Crippen LogP contribution is 2.43. The van der Waals surface area contributed by atoms with Crippen LogP contribution in [0.4, 0.5) is 0 Å². The molecule has 12 heteroatoms. The van der Waals surface area contributed by atoms with Crippen LogP contribution >= 0.6 is 55.2 Å². The number of thioether (sulfide) groups is 1. The molecule has 0 aliphatic heterocycles. The van der Waals surface area contributed by atoms with Crippen molar-refractivity contribution in [3.63, 3.8) is 0 Å². The molecule has 1 aromatic heterocycles. The number of benzene rings is 3. The lowest BCUT2D eigenvalue weighted by Crippen LogP contribution is -2.12. The minimum Gasteiger partial charge on any atom is -0.490 e. The number of halogens is 3. The van der Waals surface area contributed by atoms with Crippen LogP contribution < -0.4 is 9.47 Å². The van der Waals surface area contributed by atoms with E-state index < -0.39 is 5.25 Å². The predicted octanol–water partition coefficient (Wildman–Crippen LogP) is 7.84. The zero-order valence-corrected chi connectivity index (χ0v) is 25.2. The van der Waals surface area contributed by atoms with E-state index in [1.54, 1.807) is 18.2 Å². The molecule has 1 heterocycles. The summed E-state index contributed by atoms with van der Waals surface area (Å²) >= 11 is 14.4. The van der Waals surface area contributed by atoms with E-state index in [0.29, 0.717) is 50.8 Å². The second-order valence-electron chi connectivity index (χ2n) is 8.14. The molecule has 0 saturated carbocycles. The van der Waals surface area contributed by atoms with E-state index in [-0.39, 0.29) is 11.5 Å². The summed E-state index contributed by atoms with van der Waals surface area (Å²) in [6, 6.07) is 18.7. The van der Waals surface area contributed by atoms with Crippen LogP contribution in [0.2, 0.25) is 5.02 Å². The monoisotopic (exact) mass is 680 g/mol. The molecule has 0 fully saturated rings. The van der Waals surface area contributed by atoms with Gasteiger partial charge in [-0.1, -0.05) is 51.4 Å². The first-order valence-corrected chi connectivity index (χ1v) is 14.4. The molecule has 0 aliphatic rings. The summed E-state index contributed by atoms with van der Waals surface area (Å²) in [7, 11) is 0. The van der Waals surface area contributed by atoms with Crippen molar-refractivity contribution < 1.29 is 14.4 Å². The number of hydrogen-bond acceptors (Lipinski definition) is 7. The van der Waals surface area contributed by atoms with Crippen molar-refractivity contribution in [2.45, 2.75) is 30.9 Å². The van der Waals surface area contributed by atoms with E-state index in [0.717, 1.165) is 15.7 Å². The van der Waals surface area contributed by atoms with Gasteiger partial charge in [0.25, 0.3) is 0 Å². The van der Waals surface area contributed by atoms with Crippen molar-refractivity contribution in [3.05, 3.63) is 102 Å². The van der Waals surface area contributed by atoms with Gasteiger partial charge in [-0.25, -0.2) is 0 Å². The lowest BCUT2D eigenvalue weighted by atomic mass is 10.1. The largest absolute Gasteiger partial charge is 0.490 e. The van der Waals surface area contributed by atoms with Crippen LogP contribution in [-0.4, -0.2) is 32.8 Å². The molecule has 8 nitrogen and oxygen atoms in total. The van der Waals surface area contributed by atoms with E-state index in [2.05, 4.69) is 42.1 Å². The second-order valence-corrected chi connectivity index (χ2v) is 11.5. The maximum atomic E-state index is 11.7. The van der Waals surface area contributed by atoms with Gasteiger partial charge in [-0.3, -0.25) is 14.7 Å². The lowest BCUT2D eigenvalue weighted by Gasteiger charge is -2.19. The molecular formula is C26H23Br2ClN4O4S. The van der Waals surface area contributed by atoms with Crippen LogP contribution in [0.3, 0.4) is 0 Å². The summed E-state index contributed by atoms with van der Waals surface area (Å²) in [6.45, 7) is 4.12. The molecule has 4 rings (SSSR count). The first-order valence-electron chi connectivity index (χ1n) is 11.5. The summed E-state index contributed by atoms with van der Waals surface area (Å²) in [5.41, 5.74) is 2.50. The fraction of sp³-hybridized carbons (Fsp3) is 0.231. The molecule has 0 radical (unpaired) electrons. The van der Waals surface area contributed by atoms with Crippen molar-refractivity contribution in [3.8, 4) is 17.2 Å². The number of ether oxygens (including phenoxy) is 2. The van der Waals surface area contributed by atoms with Crippen molar-refractivity contribution in [2.24, 2.45) is 0 Å². The Morgan fingerprint density at radius 1 is 1.08 bits per heavy atom. The third-order valence-electron chi connectivity index (χ3n) is 5.44. The van der Waals surface area contributed by atoms with Crippen molar-refractivity contribution in [1.82, 2.24) is 14.8 Å². The van der Waals surface area contributed by atoms with Crippen molar-refractivity contribution >= 4 is 55.2 Å². The van der Waals surface area contributed by atoms with Gasteiger partial charge in [0.05, 0.1) is 11.1 Å². The minimum absolute atomic E-state index is 0.325. The summed E-state index contributed by atoms with van der Waals surface area (Å²) in [4.78, 5) is 11.3. The summed E-state index contributed by atoms with van der Waals surface area (Å²) in [5.74, 6) is 1.68. The van der Waals surface area contributed by atoms with Crippen LogP contribution in [0.25, 0.3) is 5.69 Å². The average molecular weight is 683 g/mol. The summed E-state index contributed by atoms with van der Waals surface area (Å²) < 4.78 is 15.5. The number of aryl methyl sites for hydroxylation is 1. The highest BCUT2D eigenvalue weighted by atomic mass is 79.9. The van der Waals surface area contributed by atoms with E-state index in [4.69, 9.17) is 21.1 Å². The van der Waals surface area contributed by atoms with Gasteiger partial charge in [-0.05, 0) is 89.4 Å². The van der Waals surface area contributed by atoms with Crippen LogP contribution in [-0.2, 0) is 6.61 Å². The molecule has 0 amide bonds. The molecule has 38 heavy (non-hydrogen) atoms. The van der Waals surface area contributed by atoms with Crippen LogP contribution in [0.15, 0.2) is 74.8 Å². The van der Waals surface area contributed by atoms with E-state index in [9.17, 15) is 10.1 Å². The normalized spacial score (nSPS) is 11.8. The Balaban J connectivity index is 1.66. The van der Waals surface area contributed by atoms with Crippen molar-refractivity contribution in [1.29, 1.82) is 0 Å².